The molecule has 0 heterocycles. The molecule has 0 saturated heterocycles. The Labute approximate surface area is 103 Å². The molecule has 0 fully saturated rings. The van der Waals surface area contributed by atoms with Crippen LogP contribution in [0.3, 0.4) is 0 Å². The molecule has 2 aromatic carbocycles. The summed E-state index contributed by atoms with van der Waals surface area (Å²) in [6.45, 7) is 4.18. The van der Waals surface area contributed by atoms with Crippen molar-refractivity contribution in [3.05, 3.63) is 76.0 Å². The average molecular weight is 227 g/mol. The quantitative estimate of drug-likeness (QED) is 0.578. The van der Waals surface area contributed by atoms with Crippen LogP contribution in [-0.2, 0) is 0 Å². The van der Waals surface area contributed by atoms with E-state index in [9.17, 15) is 0 Å². The largest absolute Gasteiger partial charge is 0.186 e. The standard InChI is InChI=1S/C15H15S/c1-11-3-7-13(8-4-11)15(16)14-9-5-12(2)6-10-14/h3-10,16H,1-2H3/q-1. The second kappa shape index (κ2) is 4.67. The summed E-state index contributed by atoms with van der Waals surface area (Å²) < 4.78 is 0. The van der Waals surface area contributed by atoms with Crippen LogP contribution >= 0.6 is 12.6 Å². The summed E-state index contributed by atoms with van der Waals surface area (Å²) in [7, 11) is 0. The first kappa shape index (κ1) is 11.2. The molecule has 0 spiro atoms. The van der Waals surface area contributed by atoms with Crippen molar-refractivity contribution in [3.63, 3.8) is 0 Å². The summed E-state index contributed by atoms with van der Waals surface area (Å²) in [5.41, 5.74) is 4.87. The van der Waals surface area contributed by atoms with Crippen molar-refractivity contribution < 1.29 is 0 Å². The van der Waals surface area contributed by atoms with E-state index in [-0.39, 0.29) is 0 Å². The van der Waals surface area contributed by atoms with Crippen molar-refractivity contribution in [1.82, 2.24) is 0 Å². The van der Waals surface area contributed by atoms with Gasteiger partial charge in [0.25, 0.3) is 0 Å². The topological polar surface area (TPSA) is 0 Å². The Bertz CT molecular complexity index is 408. The first-order valence-electron chi connectivity index (χ1n) is 5.37. The van der Waals surface area contributed by atoms with Crippen molar-refractivity contribution in [2.45, 2.75) is 13.8 Å². The Morgan fingerprint density at radius 3 is 1.31 bits per heavy atom. The van der Waals surface area contributed by atoms with E-state index in [1.807, 2.05) is 0 Å². The number of hydrogen-bond donors (Lipinski definition) is 1. The fourth-order valence-corrected chi connectivity index (χ4v) is 1.89. The summed E-state index contributed by atoms with van der Waals surface area (Å²) in [5, 5.41) is 1.03. The smallest absolute Gasteiger partial charge is 0.0410 e. The lowest BCUT2D eigenvalue weighted by Crippen LogP contribution is -1.94. The van der Waals surface area contributed by atoms with Crippen LogP contribution in [0.5, 0.6) is 0 Å². The second-order valence-corrected chi connectivity index (χ2v) is 4.53. The zero-order valence-corrected chi connectivity index (χ0v) is 10.5. The first-order valence-corrected chi connectivity index (χ1v) is 5.81. The molecule has 0 atom stereocenters. The maximum absolute atomic E-state index is 4.59. The van der Waals surface area contributed by atoms with Crippen LogP contribution < -0.4 is 0 Å². The van der Waals surface area contributed by atoms with E-state index in [4.69, 9.17) is 0 Å². The van der Waals surface area contributed by atoms with Crippen LogP contribution in [-0.4, -0.2) is 0 Å². The molecule has 0 unspecified atom stereocenters. The molecule has 0 bridgehead atoms. The molecule has 0 aliphatic carbocycles. The molecule has 0 saturated carbocycles. The minimum absolute atomic E-state index is 1.03. The van der Waals surface area contributed by atoms with Crippen molar-refractivity contribution in [2.24, 2.45) is 0 Å². The van der Waals surface area contributed by atoms with Gasteiger partial charge in [0.1, 0.15) is 0 Å². The number of rotatable bonds is 2. The maximum Gasteiger partial charge on any atom is -0.0410 e. The van der Waals surface area contributed by atoms with E-state index in [1.54, 1.807) is 0 Å². The highest BCUT2D eigenvalue weighted by molar-refractivity contribution is 7.84. The molecule has 16 heavy (non-hydrogen) atoms. The Hall–Kier alpha value is -1.34. The van der Waals surface area contributed by atoms with Crippen LogP contribution in [0, 0.1) is 19.1 Å². The number of hydrogen-bond acceptors (Lipinski definition) is 1. The van der Waals surface area contributed by atoms with E-state index < -0.39 is 0 Å². The van der Waals surface area contributed by atoms with Crippen LogP contribution in [0.2, 0.25) is 0 Å². The lowest BCUT2D eigenvalue weighted by molar-refractivity contribution is 1.34. The van der Waals surface area contributed by atoms with Crippen LogP contribution in [0.15, 0.2) is 48.5 Å². The van der Waals surface area contributed by atoms with E-state index in [0.29, 0.717) is 0 Å². The molecule has 0 aromatic heterocycles. The second-order valence-electron chi connectivity index (χ2n) is 4.08. The van der Waals surface area contributed by atoms with Crippen LogP contribution in [0.25, 0.3) is 0 Å². The first-order chi connectivity index (χ1) is 7.66. The van der Waals surface area contributed by atoms with Crippen molar-refractivity contribution in [3.8, 4) is 0 Å². The molecule has 0 radical (unpaired) electrons. The highest BCUT2D eigenvalue weighted by Crippen LogP contribution is 2.27. The maximum atomic E-state index is 4.59. The van der Waals surface area contributed by atoms with Gasteiger partial charge in [-0.15, -0.1) is 35.4 Å². The minimum Gasteiger partial charge on any atom is -0.186 e. The molecule has 0 aliphatic heterocycles. The summed E-state index contributed by atoms with van der Waals surface area (Å²) in [6.07, 6.45) is 0. The highest BCUT2D eigenvalue weighted by Gasteiger charge is 2.00. The Morgan fingerprint density at radius 2 is 1.00 bits per heavy atom. The molecule has 0 amide bonds. The zero-order valence-electron chi connectivity index (χ0n) is 9.57. The third kappa shape index (κ3) is 2.42. The van der Waals surface area contributed by atoms with Crippen LogP contribution in [0.1, 0.15) is 22.3 Å². The lowest BCUT2D eigenvalue weighted by atomic mass is 10.0. The SMILES string of the molecule is Cc1ccc([C-](S)c2ccc(C)cc2)cc1. The van der Waals surface area contributed by atoms with E-state index >= 15 is 0 Å². The molecule has 2 aromatic rings. The number of thiol groups is 1. The molecule has 1 heteroatoms. The number of benzene rings is 2. The predicted molar refractivity (Wildman–Crippen MR) is 72.8 cm³/mol. The summed E-state index contributed by atoms with van der Waals surface area (Å²) in [6, 6.07) is 16.9. The Balaban J connectivity index is 2.28. The zero-order chi connectivity index (χ0) is 11.5. The van der Waals surface area contributed by atoms with Gasteiger partial charge in [-0.25, -0.2) is 0 Å². The molecule has 0 N–H and O–H groups in total. The molecule has 82 valence electrons. The van der Waals surface area contributed by atoms with Gasteiger partial charge in [-0.1, -0.05) is 40.6 Å². The summed E-state index contributed by atoms with van der Waals surface area (Å²) in [4.78, 5) is 0. The van der Waals surface area contributed by atoms with Crippen molar-refractivity contribution in [2.75, 3.05) is 0 Å². The fourth-order valence-electron chi connectivity index (χ4n) is 1.59. The monoisotopic (exact) mass is 227 g/mol. The van der Waals surface area contributed by atoms with Gasteiger partial charge in [-0.05, 0) is 13.8 Å². The normalized spacial score (nSPS) is 10.2. The Morgan fingerprint density at radius 1 is 0.688 bits per heavy atom. The lowest BCUT2D eigenvalue weighted by Gasteiger charge is -2.19. The van der Waals surface area contributed by atoms with Gasteiger partial charge in [-0.2, -0.15) is 12.6 Å². The van der Waals surface area contributed by atoms with Crippen LogP contribution in [0.4, 0.5) is 0 Å². The van der Waals surface area contributed by atoms with Gasteiger partial charge in [0.05, 0.1) is 0 Å². The molecule has 2 rings (SSSR count). The highest BCUT2D eigenvalue weighted by atomic mass is 32.1. The van der Waals surface area contributed by atoms with Gasteiger partial charge in [0.15, 0.2) is 0 Å². The molecular weight excluding hydrogens is 212 g/mol. The van der Waals surface area contributed by atoms with Gasteiger partial charge in [0, 0.05) is 0 Å². The van der Waals surface area contributed by atoms with Crippen molar-refractivity contribution >= 4 is 12.6 Å². The minimum atomic E-state index is 1.03. The van der Waals surface area contributed by atoms with E-state index in [1.165, 1.54) is 11.1 Å². The third-order valence-electron chi connectivity index (χ3n) is 2.65. The predicted octanol–water partition coefficient (Wildman–Crippen LogP) is 4.16. The van der Waals surface area contributed by atoms with Gasteiger partial charge < -0.3 is 0 Å². The Kier molecular flexibility index (Phi) is 3.25. The van der Waals surface area contributed by atoms with E-state index in [2.05, 4.69) is 75.0 Å². The third-order valence-corrected chi connectivity index (χ3v) is 3.17. The summed E-state index contributed by atoms with van der Waals surface area (Å²) >= 11 is 4.59. The van der Waals surface area contributed by atoms with Gasteiger partial charge >= 0.3 is 0 Å². The summed E-state index contributed by atoms with van der Waals surface area (Å²) in [5.74, 6) is 0. The van der Waals surface area contributed by atoms with Gasteiger partial charge in [-0.3, -0.25) is 0 Å². The molecule has 0 aliphatic rings. The van der Waals surface area contributed by atoms with Crippen molar-refractivity contribution in [1.29, 1.82) is 0 Å². The fraction of sp³-hybridized carbons (Fsp3) is 0.133. The van der Waals surface area contributed by atoms with E-state index in [0.717, 1.165) is 16.4 Å². The average Bonchev–Trinajstić information content (AvgIpc) is 2.30. The number of aryl methyl sites for hydroxylation is 2. The molecular formula is C15H15S-. The molecule has 0 nitrogen and oxygen atoms in total. The van der Waals surface area contributed by atoms with Gasteiger partial charge in [0.2, 0.25) is 0 Å².